The Morgan fingerprint density at radius 2 is 2.00 bits per heavy atom. The van der Waals surface area contributed by atoms with Crippen molar-refractivity contribution < 1.29 is 0 Å². The second-order valence-corrected chi connectivity index (χ2v) is 7.56. The highest BCUT2D eigenvalue weighted by atomic mass is 32.1. The van der Waals surface area contributed by atoms with Gasteiger partial charge in [-0.15, -0.1) is 11.3 Å². The summed E-state index contributed by atoms with van der Waals surface area (Å²) in [6, 6.07) is 1.56. The predicted molar refractivity (Wildman–Crippen MR) is 84.3 cm³/mol. The summed E-state index contributed by atoms with van der Waals surface area (Å²) in [6.45, 7) is 2.19. The van der Waals surface area contributed by atoms with Crippen molar-refractivity contribution in [3.63, 3.8) is 0 Å². The van der Waals surface area contributed by atoms with Crippen LogP contribution in [0.5, 0.6) is 0 Å². The molecule has 2 saturated carbocycles. The number of aromatic nitrogens is 1. The van der Waals surface area contributed by atoms with Crippen LogP contribution in [0, 0.1) is 5.92 Å². The average Bonchev–Trinajstić information content (AvgIpc) is 3.21. The molecule has 0 spiro atoms. The van der Waals surface area contributed by atoms with Crippen molar-refractivity contribution in [3.05, 3.63) is 11.1 Å². The Labute approximate surface area is 125 Å². The molecule has 1 aromatic rings. The minimum Gasteiger partial charge on any atom is -0.345 e. The third-order valence-corrected chi connectivity index (χ3v) is 6.10. The van der Waals surface area contributed by atoms with Crippen molar-refractivity contribution in [3.8, 4) is 0 Å². The molecule has 20 heavy (non-hydrogen) atoms. The Balaban J connectivity index is 1.44. The van der Waals surface area contributed by atoms with E-state index in [0.717, 1.165) is 24.5 Å². The van der Waals surface area contributed by atoms with Gasteiger partial charge in [-0.3, -0.25) is 0 Å². The maximum atomic E-state index is 4.91. The molecule has 1 saturated heterocycles. The van der Waals surface area contributed by atoms with E-state index in [1.807, 2.05) is 11.3 Å². The number of fused-ring (bicyclic) bond motifs is 1. The van der Waals surface area contributed by atoms with E-state index in [4.69, 9.17) is 4.98 Å². The van der Waals surface area contributed by atoms with Gasteiger partial charge in [0.25, 0.3) is 0 Å². The van der Waals surface area contributed by atoms with E-state index in [9.17, 15) is 0 Å². The first kappa shape index (κ1) is 13.1. The molecule has 0 bridgehead atoms. The Morgan fingerprint density at radius 3 is 2.90 bits per heavy atom. The number of hydrogen-bond acceptors (Lipinski definition) is 4. The minimum absolute atomic E-state index is 0.776. The number of anilines is 1. The lowest BCUT2D eigenvalue weighted by molar-refractivity contribution is 0.243. The summed E-state index contributed by atoms with van der Waals surface area (Å²) < 4.78 is 0. The predicted octanol–water partition coefficient (Wildman–Crippen LogP) is 3.55. The van der Waals surface area contributed by atoms with Crippen molar-refractivity contribution in [1.29, 1.82) is 0 Å². The summed E-state index contributed by atoms with van der Waals surface area (Å²) in [5.41, 5.74) is 1.25. The molecule has 3 nitrogen and oxygen atoms in total. The van der Waals surface area contributed by atoms with Gasteiger partial charge in [-0.2, -0.15) is 0 Å². The fraction of sp³-hybridized carbons (Fsp3) is 0.812. The first-order valence-corrected chi connectivity index (χ1v) is 9.22. The molecule has 110 valence electrons. The Kier molecular flexibility index (Phi) is 3.69. The first-order valence-electron chi connectivity index (χ1n) is 8.34. The molecule has 2 atom stereocenters. The van der Waals surface area contributed by atoms with Gasteiger partial charge < -0.3 is 10.2 Å². The van der Waals surface area contributed by atoms with Crippen LogP contribution in [0.25, 0.3) is 0 Å². The van der Waals surface area contributed by atoms with Crippen molar-refractivity contribution >= 4 is 16.5 Å². The smallest absolute Gasteiger partial charge is 0.185 e. The zero-order valence-corrected chi connectivity index (χ0v) is 13.0. The molecule has 3 fully saturated rings. The van der Waals surface area contributed by atoms with Crippen LogP contribution in [-0.2, 0) is 6.54 Å². The molecular formula is C16H25N3S. The summed E-state index contributed by atoms with van der Waals surface area (Å²) >= 11 is 1.86. The van der Waals surface area contributed by atoms with E-state index in [0.29, 0.717) is 0 Å². The molecule has 1 N–H and O–H groups in total. The normalized spacial score (nSPS) is 30.3. The molecule has 1 aliphatic heterocycles. The van der Waals surface area contributed by atoms with E-state index in [2.05, 4.69) is 15.6 Å². The van der Waals surface area contributed by atoms with Crippen LogP contribution in [0.15, 0.2) is 5.38 Å². The number of thiazole rings is 1. The zero-order valence-electron chi connectivity index (χ0n) is 12.2. The van der Waals surface area contributed by atoms with Crippen LogP contribution in [0.2, 0.25) is 0 Å². The number of rotatable bonds is 4. The van der Waals surface area contributed by atoms with Gasteiger partial charge in [0.05, 0.1) is 5.69 Å². The highest BCUT2D eigenvalue weighted by Crippen LogP contribution is 2.38. The maximum absolute atomic E-state index is 4.91. The largest absolute Gasteiger partial charge is 0.345 e. The van der Waals surface area contributed by atoms with Gasteiger partial charge in [-0.25, -0.2) is 4.98 Å². The molecule has 0 unspecified atom stereocenters. The SMILES string of the molecule is c1sc(N2CCC[C@H]3CCCC[C@H]32)nc1CNC1CC1. The number of hydrogen-bond donors (Lipinski definition) is 1. The first-order chi connectivity index (χ1) is 9.90. The molecule has 1 aromatic heterocycles. The van der Waals surface area contributed by atoms with Gasteiger partial charge in [0.1, 0.15) is 0 Å². The van der Waals surface area contributed by atoms with E-state index >= 15 is 0 Å². The van der Waals surface area contributed by atoms with Crippen LogP contribution in [0.4, 0.5) is 5.13 Å². The molecule has 4 rings (SSSR count). The van der Waals surface area contributed by atoms with Crippen molar-refractivity contribution in [1.82, 2.24) is 10.3 Å². The van der Waals surface area contributed by atoms with Crippen LogP contribution in [0.3, 0.4) is 0 Å². The third kappa shape index (κ3) is 2.73. The molecule has 0 amide bonds. The van der Waals surface area contributed by atoms with E-state index < -0.39 is 0 Å². The quantitative estimate of drug-likeness (QED) is 0.919. The number of nitrogens with zero attached hydrogens (tertiary/aromatic N) is 2. The van der Waals surface area contributed by atoms with Gasteiger partial charge in [0.2, 0.25) is 0 Å². The van der Waals surface area contributed by atoms with Crippen LogP contribution in [-0.4, -0.2) is 23.6 Å². The lowest BCUT2D eigenvalue weighted by Gasteiger charge is -2.44. The third-order valence-electron chi connectivity index (χ3n) is 5.18. The van der Waals surface area contributed by atoms with Crippen molar-refractivity contribution in [2.45, 2.75) is 70.0 Å². The number of nitrogens with one attached hydrogen (secondary N) is 1. The summed E-state index contributed by atoms with van der Waals surface area (Å²) in [5.74, 6) is 0.939. The fourth-order valence-electron chi connectivity index (χ4n) is 3.91. The standard InChI is InChI=1S/C16H25N3S/c1-2-6-15-12(4-1)5-3-9-19(15)16-18-14(11-20-16)10-17-13-7-8-13/h11-13,15,17H,1-10H2/t12-,15-/m1/s1. The summed E-state index contributed by atoms with van der Waals surface area (Å²) in [4.78, 5) is 7.54. The molecule has 4 heteroatoms. The molecule has 0 radical (unpaired) electrons. The van der Waals surface area contributed by atoms with Gasteiger partial charge in [-0.05, 0) is 44.4 Å². The topological polar surface area (TPSA) is 28.2 Å². The van der Waals surface area contributed by atoms with Crippen molar-refractivity contribution in [2.75, 3.05) is 11.4 Å². The molecule has 3 aliphatic rings. The minimum atomic E-state index is 0.776. The van der Waals surface area contributed by atoms with E-state index in [1.54, 1.807) is 0 Å². The Bertz CT molecular complexity index is 452. The van der Waals surface area contributed by atoms with Crippen LogP contribution >= 0.6 is 11.3 Å². The highest BCUT2D eigenvalue weighted by Gasteiger charge is 2.34. The molecule has 2 heterocycles. The summed E-state index contributed by atoms with van der Waals surface area (Å²) in [7, 11) is 0. The van der Waals surface area contributed by atoms with Gasteiger partial charge >= 0.3 is 0 Å². The highest BCUT2D eigenvalue weighted by molar-refractivity contribution is 7.13. The molecule has 0 aromatic carbocycles. The monoisotopic (exact) mass is 291 g/mol. The van der Waals surface area contributed by atoms with Gasteiger partial charge in [-0.1, -0.05) is 12.8 Å². The number of piperidine rings is 1. The maximum Gasteiger partial charge on any atom is 0.185 e. The Morgan fingerprint density at radius 1 is 1.15 bits per heavy atom. The lowest BCUT2D eigenvalue weighted by Crippen LogP contribution is -2.46. The van der Waals surface area contributed by atoms with E-state index in [-0.39, 0.29) is 0 Å². The van der Waals surface area contributed by atoms with Gasteiger partial charge in [0, 0.05) is 30.6 Å². The second kappa shape index (κ2) is 5.64. The van der Waals surface area contributed by atoms with Crippen LogP contribution < -0.4 is 10.2 Å². The average molecular weight is 291 g/mol. The fourth-order valence-corrected chi connectivity index (χ4v) is 4.82. The second-order valence-electron chi connectivity index (χ2n) is 6.72. The van der Waals surface area contributed by atoms with Gasteiger partial charge in [0.15, 0.2) is 5.13 Å². The lowest BCUT2D eigenvalue weighted by atomic mass is 9.78. The molecular weight excluding hydrogens is 266 g/mol. The van der Waals surface area contributed by atoms with Crippen molar-refractivity contribution in [2.24, 2.45) is 5.92 Å². The summed E-state index contributed by atoms with van der Waals surface area (Å²) in [6.07, 6.45) is 11.2. The summed E-state index contributed by atoms with van der Waals surface area (Å²) in [5, 5.41) is 7.12. The van der Waals surface area contributed by atoms with Crippen LogP contribution in [0.1, 0.15) is 57.1 Å². The Hall–Kier alpha value is -0.610. The van der Waals surface area contributed by atoms with E-state index in [1.165, 1.54) is 68.7 Å². The zero-order chi connectivity index (χ0) is 13.4. The molecule has 2 aliphatic carbocycles.